The van der Waals surface area contributed by atoms with Crippen LogP contribution in [0.4, 0.5) is 0 Å². The molecule has 0 bridgehead atoms. The molecule has 0 saturated carbocycles. The Labute approximate surface area is 322 Å². The topological polar surface area (TPSA) is 56.7 Å². The third-order valence-electron chi connectivity index (χ3n) is 10.7. The molecule has 0 N–H and O–H groups in total. The molecule has 5 heteroatoms. The van der Waals surface area contributed by atoms with E-state index in [1.54, 1.807) is 0 Å². The number of rotatable bonds is 6. The Morgan fingerprint density at radius 1 is 0.375 bits per heavy atom. The minimum atomic E-state index is 0.614. The number of aromatic nitrogens is 4. The minimum Gasteiger partial charge on any atom is -0.436 e. The first-order valence-corrected chi connectivity index (χ1v) is 18.8. The van der Waals surface area contributed by atoms with Gasteiger partial charge in [0.05, 0.1) is 28.1 Å². The standard InChI is InChI=1S/C51H32N4O/c1-3-13-34(14-4-1)44-32-45(53-50(52-44)36-15-5-2-6-16-36)35-25-23-33(24-26-35)38-29-30-47(40-18-8-7-17-39(38)40)55-46-21-11-9-19-41(46)42-28-27-37(31-48(42)55)51-54-43-20-10-12-22-49(43)56-51/h1-32H. The summed E-state index contributed by atoms with van der Waals surface area (Å²) in [4.78, 5) is 14.8. The highest BCUT2D eigenvalue weighted by Gasteiger charge is 2.18. The predicted octanol–water partition coefficient (Wildman–Crippen LogP) is 13.2. The molecule has 56 heavy (non-hydrogen) atoms. The summed E-state index contributed by atoms with van der Waals surface area (Å²) in [5.74, 6) is 1.32. The monoisotopic (exact) mass is 716 g/mol. The van der Waals surface area contributed by atoms with Gasteiger partial charge in [-0.25, -0.2) is 15.0 Å². The van der Waals surface area contributed by atoms with Crippen molar-refractivity contribution in [3.8, 4) is 62.2 Å². The van der Waals surface area contributed by atoms with Gasteiger partial charge in [-0.2, -0.15) is 0 Å². The molecule has 11 aromatic rings. The number of hydrogen-bond acceptors (Lipinski definition) is 4. The van der Waals surface area contributed by atoms with Crippen LogP contribution in [-0.4, -0.2) is 19.5 Å². The van der Waals surface area contributed by atoms with Crippen LogP contribution >= 0.6 is 0 Å². The molecule has 0 atom stereocenters. The maximum absolute atomic E-state index is 6.22. The molecule has 11 rings (SSSR count). The summed E-state index contributed by atoms with van der Waals surface area (Å²) >= 11 is 0. The highest BCUT2D eigenvalue weighted by atomic mass is 16.3. The van der Waals surface area contributed by atoms with Crippen molar-refractivity contribution >= 4 is 43.7 Å². The fourth-order valence-electron chi connectivity index (χ4n) is 7.98. The van der Waals surface area contributed by atoms with Gasteiger partial charge in [-0.3, -0.25) is 0 Å². The number of nitrogens with zero attached hydrogens (tertiary/aromatic N) is 4. The zero-order valence-corrected chi connectivity index (χ0v) is 30.2. The van der Waals surface area contributed by atoms with Gasteiger partial charge < -0.3 is 8.98 Å². The van der Waals surface area contributed by atoms with Crippen LogP contribution in [0.3, 0.4) is 0 Å². The molecule has 8 aromatic carbocycles. The van der Waals surface area contributed by atoms with Crippen LogP contribution in [0, 0.1) is 0 Å². The molecule has 262 valence electrons. The molecule has 0 saturated heterocycles. The summed E-state index contributed by atoms with van der Waals surface area (Å²) in [5, 5.41) is 4.73. The van der Waals surface area contributed by atoms with Crippen molar-refractivity contribution in [3.63, 3.8) is 0 Å². The van der Waals surface area contributed by atoms with Gasteiger partial charge in [-0.05, 0) is 59.0 Å². The van der Waals surface area contributed by atoms with Crippen LogP contribution in [0.15, 0.2) is 199 Å². The Bertz CT molecular complexity index is 3150. The molecule has 0 radical (unpaired) electrons. The van der Waals surface area contributed by atoms with Crippen molar-refractivity contribution in [1.29, 1.82) is 0 Å². The number of para-hydroxylation sites is 3. The predicted molar refractivity (Wildman–Crippen MR) is 229 cm³/mol. The Hall–Kier alpha value is -7.63. The first-order valence-electron chi connectivity index (χ1n) is 18.8. The maximum Gasteiger partial charge on any atom is 0.227 e. The molecule has 0 aliphatic heterocycles. The highest BCUT2D eigenvalue weighted by molar-refractivity contribution is 6.12. The van der Waals surface area contributed by atoms with Crippen molar-refractivity contribution < 1.29 is 4.42 Å². The van der Waals surface area contributed by atoms with Gasteiger partial charge in [0.1, 0.15) is 5.52 Å². The van der Waals surface area contributed by atoms with E-state index in [9.17, 15) is 0 Å². The highest BCUT2D eigenvalue weighted by Crippen LogP contribution is 2.40. The van der Waals surface area contributed by atoms with E-state index >= 15 is 0 Å². The largest absolute Gasteiger partial charge is 0.436 e. The molecule has 0 spiro atoms. The smallest absolute Gasteiger partial charge is 0.227 e. The van der Waals surface area contributed by atoms with Crippen LogP contribution in [0.5, 0.6) is 0 Å². The molecular weight excluding hydrogens is 685 g/mol. The summed E-state index contributed by atoms with van der Waals surface area (Å²) in [5.41, 5.74) is 13.1. The second-order valence-electron chi connectivity index (χ2n) is 14.0. The molecule has 0 aliphatic rings. The van der Waals surface area contributed by atoms with Gasteiger partial charge in [0.2, 0.25) is 5.89 Å². The molecule has 3 aromatic heterocycles. The van der Waals surface area contributed by atoms with Gasteiger partial charge in [0, 0.05) is 38.4 Å². The average Bonchev–Trinajstić information content (AvgIpc) is 3.86. The SMILES string of the molecule is c1ccc(-c2cc(-c3ccc(-c4ccc(-n5c6ccccc6c6ccc(-c7nc8ccccc8o7)cc65)c5ccccc45)cc3)nc(-c3ccccc3)n2)cc1. The van der Waals surface area contributed by atoms with Crippen molar-refractivity contribution in [2.75, 3.05) is 0 Å². The summed E-state index contributed by atoms with van der Waals surface area (Å²) in [6.45, 7) is 0. The van der Waals surface area contributed by atoms with Crippen molar-refractivity contribution in [1.82, 2.24) is 19.5 Å². The molecule has 0 aliphatic carbocycles. The van der Waals surface area contributed by atoms with Crippen LogP contribution in [0.1, 0.15) is 0 Å². The fourth-order valence-corrected chi connectivity index (χ4v) is 7.98. The normalized spacial score (nSPS) is 11.6. The molecule has 5 nitrogen and oxygen atoms in total. The van der Waals surface area contributed by atoms with Gasteiger partial charge in [-0.1, -0.05) is 152 Å². The maximum atomic E-state index is 6.22. The lowest BCUT2D eigenvalue weighted by molar-refractivity contribution is 0.620. The van der Waals surface area contributed by atoms with E-state index in [-0.39, 0.29) is 0 Å². The quantitative estimate of drug-likeness (QED) is 0.172. The molecule has 3 heterocycles. The van der Waals surface area contributed by atoms with E-state index in [1.807, 2.05) is 60.7 Å². The first-order chi connectivity index (χ1) is 27.7. The Morgan fingerprint density at radius 2 is 0.964 bits per heavy atom. The molecular formula is C51H32N4O. The van der Waals surface area contributed by atoms with Gasteiger partial charge in [0.25, 0.3) is 0 Å². The van der Waals surface area contributed by atoms with Crippen LogP contribution < -0.4 is 0 Å². The fraction of sp³-hybridized carbons (Fsp3) is 0. The van der Waals surface area contributed by atoms with E-state index in [0.717, 1.165) is 67.0 Å². The van der Waals surface area contributed by atoms with Crippen LogP contribution in [0.25, 0.3) is 106 Å². The van der Waals surface area contributed by atoms with Crippen LogP contribution in [-0.2, 0) is 0 Å². The summed E-state index contributed by atoms with van der Waals surface area (Å²) in [6, 6.07) is 67.6. The van der Waals surface area contributed by atoms with E-state index in [0.29, 0.717) is 11.7 Å². The van der Waals surface area contributed by atoms with Crippen molar-refractivity contribution in [2.45, 2.75) is 0 Å². The second kappa shape index (κ2) is 13.0. The van der Waals surface area contributed by atoms with Gasteiger partial charge in [0.15, 0.2) is 11.4 Å². The third kappa shape index (κ3) is 5.37. The first kappa shape index (κ1) is 31.9. The van der Waals surface area contributed by atoms with Crippen molar-refractivity contribution in [2.24, 2.45) is 0 Å². The molecule has 0 unspecified atom stereocenters. The number of benzene rings is 8. The molecule has 0 amide bonds. The zero-order valence-electron chi connectivity index (χ0n) is 30.2. The van der Waals surface area contributed by atoms with E-state index in [2.05, 4.69) is 138 Å². The third-order valence-corrected chi connectivity index (χ3v) is 10.7. The Kier molecular flexibility index (Phi) is 7.42. The van der Waals surface area contributed by atoms with Crippen molar-refractivity contribution in [3.05, 3.63) is 194 Å². The van der Waals surface area contributed by atoms with Crippen LogP contribution in [0.2, 0.25) is 0 Å². The Balaban J connectivity index is 1.03. The molecule has 0 fully saturated rings. The van der Waals surface area contributed by atoms with E-state index in [1.165, 1.54) is 27.1 Å². The lowest BCUT2D eigenvalue weighted by Gasteiger charge is -2.15. The lowest BCUT2D eigenvalue weighted by atomic mass is 9.95. The number of fused-ring (bicyclic) bond motifs is 5. The van der Waals surface area contributed by atoms with Gasteiger partial charge in [-0.15, -0.1) is 0 Å². The zero-order chi connectivity index (χ0) is 37.0. The van der Waals surface area contributed by atoms with Gasteiger partial charge >= 0.3 is 0 Å². The Morgan fingerprint density at radius 3 is 1.73 bits per heavy atom. The summed E-state index contributed by atoms with van der Waals surface area (Å²) < 4.78 is 8.60. The minimum absolute atomic E-state index is 0.614. The number of oxazole rings is 1. The lowest BCUT2D eigenvalue weighted by Crippen LogP contribution is -1.97. The summed E-state index contributed by atoms with van der Waals surface area (Å²) in [7, 11) is 0. The second-order valence-corrected chi connectivity index (χ2v) is 14.0. The van der Waals surface area contributed by atoms with E-state index in [4.69, 9.17) is 19.4 Å². The average molecular weight is 717 g/mol. The summed E-state index contributed by atoms with van der Waals surface area (Å²) in [6.07, 6.45) is 0. The number of hydrogen-bond donors (Lipinski definition) is 0. The van der Waals surface area contributed by atoms with E-state index < -0.39 is 0 Å².